The van der Waals surface area contributed by atoms with Crippen LogP contribution in [-0.2, 0) is 15.4 Å². The van der Waals surface area contributed by atoms with Crippen LogP contribution in [0, 0.1) is 10.1 Å². The molecule has 9 nitrogen and oxygen atoms in total. The summed E-state index contributed by atoms with van der Waals surface area (Å²) in [6.45, 7) is 4.24. The van der Waals surface area contributed by atoms with E-state index < -0.39 is 20.6 Å². The number of nitro groups is 1. The van der Waals surface area contributed by atoms with Gasteiger partial charge in [-0.15, -0.1) is 0 Å². The maximum absolute atomic E-state index is 12.7. The number of sulfonamides is 1. The highest BCUT2D eigenvalue weighted by molar-refractivity contribution is 7.92. The third-order valence-electron chi connectivity index (χ3n) is 5.93. The largest absolute Gasteiger partial charge is 0.347 e. The van der Waals surface area contributed by atoms with Crippen LogP contribution >= 0.6 is 0 Å². The molecule has 0 radical (unpaired) electrons. The second-order valence-corrected chi connectivity index (χ2v) is 10.2. The molecule has 0 saturated heterocycles. The fourth-order valence-corrected chi connectivity index (χ4v) is 5.24. The molecule has 4 rings (SSSR count). The second kappa shape index (κ2) is 9.22. The van der Waals surface area contributed by atoms with Gasteiger partial charge in [0.1, 0.15) is 5.69 Å². The predicted molar refractivity (Wildman–Crippen MR) is 138 cm³/mol. The summed E-state index contributed by atoms with van der Waals surface area (Å²) < 4.78 is 27.8. The molecule has 3 aromatic carbocycles. The molecule has 0 aromatic heterocycles. The number of rotatable bonds is 7. The molecule has 1 heterocycles. The Morgan fingerprint density at radius 2 is 1.71 bits per heavy atom. The average molecular weight is 492 g/mol. The van der Waals surface area contributed by atoms with Gasteiger partial charge in [0, 0.05) is 41.8 Å². The minimum absolute atomic E-state index is 0.0747. The van der Waals surface area contributed by atoms with Crippen LogP contribution in [0.1, 0.15) is 19.4 Å². The summed E-state index contributed by atoms with van der Waals surface area (Å²) in [4.78, 5) is 12.8. The molecule has 10 heteroatoms. The van der Waals surface area contributed by atoms with Gasteiger partial charge in [-0.25, -0.2) is 8.42 Å². The van der Waals surface area contributed by atoms with E-state index in [0.717, 1.165) is 17.5 Å². The molecule has 0 amide bonds. The van der Waals surface area contributed by atoms with Crippen LogP contribution in [-0.4, -0.2) is 26.6 Å². The topological polar surface area (TPSA) is 117 Å². The molecular weight excluding hydrogens is 466 g/mol. The molecule has 0 saturated carbocycles. The van der Waals surface area contributed by atoms with Crippen molar-refractivity contribution in [2.45, 2.75) is 24.2 Å². The van der Waals surface area contributed by atoms with Gasteiger partial charge in [0.2, 0.25) is 0 Å². The molecule has 0 atom stereocenters. The number of nitrogens with zero attached hydrogens (tertiary/aromatic N) is 3. The molecule has 0 bridgehead atoms. The zero-order valence-corrected chi connectivity index (χ0v) is 20.3. The van der Waals surface area contributed by atoms with Crippen LogP contribution in [0.4, 0.5) is 22.7 Å². The Morgan fingerprint density at radius 1 is 1.03 bits per heavy atom. The van der Waals surface area contributed by atoms with Gasteiger partial charge in [-0.2, -0.15) is 5.10 Å². The molecular formula is C25H25N5O4S. The van der Waals surface area contributed by atoms with Crippen molar-refractivity contribution >= 4 is 39.0 Å². The second-order valence-electron chi connectivity index (χ2n) is 8.55. The van der Waals surface area contributed by atoms with Crippen LogP contribution in [0.5, 0.6) is 0 Å². The monoisotopic (exact) mass is 491 g/mol. The van der Waals surface area contributed by atoms with Crippen molar-refractivity contribution in [1.82, 2.24) is 0 Å². The van der Waals surface area contributed by atoms with Crippen molar-refractivity contribution in [3.05, 3.63) is 100 Å². The number of benzene rings is 3. The fourth-order valence-electron chi connectivity index (χ4n) is 4.16. The molecule has 0 fully saturated rings. The zero-order chi connectivity index (χ0) is 25.2. The van der Waals surface area contributed by atoms with Crippen LogP contribution in [0.2, 0.25) is 0 Å². The van der Waals surface area contributed by atoms with Gasteiger partial charge in [-0.1, -0.05) is 50.2 Å². The molecule has 180 valence electrons. The van der Waals surface area contributed by atoms with E-state index in [1.807, 2.05) is 25.3 Å². The highest BCUT2D eigenvalue weighted by atomic mass is 32.2. The Balaban J connectivity index is 1.55. The zero-order valence-electron chi connectivity index (χ0n) is 19.5. The first kappa shape index (κ1) is 24.0. The van der Waals surface area contributed by atoms with E-state index in [-0.39, 0.29) is 16.0 Å². The maximum atomic E-state index is 12.7. The minimum atomic E-state index is -4.00. The lowest BCUT2D eigenvalue weighted by molar-refractivity contribution is -0.384. The minimum Gasteiger partial charge on any atom is -0.347 e. The quantitative estimate of drug-likeness (QED) is 0.270. The number of anilines is 3. The van der Waals surface area contributed by atoms with Crippen molar-refractivity contribution in [3.63, 3.8) is 0 Å². The normalized spacial score (nSPS) is 15.9. The van der Waals surface area contributed by atoms with Gasteiger partial charge >= 0.3 is 0 Å². The summed E-state index contributed by atoms with van der Waals surface area (Å²) in [5, 5.41) is 15.8. The number of likely N-dealkylation sites (N-methyl/N-ethyl adjacent to an activating group) is 1. The number of allylic oxidation sites excluding steroid dienone is 2. The number of hydrogen-bond acceptors (Lipinski definition) is 7. The molecule has 3 aromatic rings. The van der Waals surface area contributed by atoms with E-state index in [9.17, 15) is 18.5 Å². The van der Waals surface area contributed by atoms with Gasteiger partial charge in [-0.05, 0) is 42.0 Å². The van der Waals surface area contributed by atoms with Gasteiger partial charge in [0.15, 0.2) is 0 Å². The number of nitro benzene ring substituents is 1. The number of hydrazone groups is 1. The van der Waals surface area contributed by atoms with E-state index >= 15 is 0 Å². The summed E-state index contributed by atoms with van der Waals surface area (Å²) in [5.74, 6) is 0. The fraction of sp³-hybridized carbons (Fsp3) is 0.160. The van der Waals surface area contributed by atoms with Crippen molar-refractivity contribution in [2.24, 2.45) is 5.10 Å². The highest BCUT2D eigenvalue weighted by Crippen LogP contribution is 2.46. The Labute approximate surface area is 204 Å². The van der Waals surface area contributed by atoms with E-state index in [4.69, 9.17) is 0 Å². The lowest BCUT2D eigenvalue weighted by Gasteiger charge is -2.23. The number of para-hydroxylation sites is 2. The molecule has 0 spiro atoms. The Hall–Kier alpha value is -4.18. The average Bonchev–Trinajstić information content (AvgIpc) is 3.02. The van der Waals surface area contributed by atoms with Crippen LogP contribution in [0.25, 0.3) is 0 Å². The van der Waals surface area contributed by atoms with E-state index in [2.05, 4.69) is 46.1 Å². The number of fused-ring (bicyclic) bond motifs is 1. The lowest BCUT2D eigenvalue weighted by Crippen LogP contribution is -2.23. The third-order valence-corrected chi connectivity index (χ3v) is 7.31. The smallest absolute Gasteiger partial charge is 0.295 e. The van der Waals surface area contributed by atoms with E-state index in [1.165, 1.54) is 23.9 Å². The van der Waals surface area contributed by atoms with Crippen molar-refractivity contribution in [2.75, 3.05) is 22.1 Å². The first-order chi connectivity index (χ1) is 16.6. The summed E-state index contributed by atoms with van der Waals surface area (Å²) >= 11 is 0. The lowest BCUT2D eigenvalue weighted by atomic mass is 9.84. The van der Waals surface area contributed by atoms with Crippen molar-refractivity contribution < 1.29 is 13.3 Å². The number of hydrogen-bond donors (Lipinski definition) is 2. The molecule has 2 N–H and O–H groups in total. The maximum Gasteiger partial charge on any atom is 0.295 e. The van der Waals surface area contributed by atoms with Crippen molar-refractivity contribution in [3.8, 4) is 0 Å². The van der Waals surface area contributed by atoms with E-state index in [0.29, 0.717) is 5.69 Å². The van der Waals surface area contributed by atoms with Gasteiger partial charge in [0.05, 0.1) is 9.82 Å². The van der Waals surface area contributed by atoms with Crippen LogP contribution in [0.3, 0.4) is 0 Å². The summed E-state index contributed by atoms with van der Waals surface area (Å²) in [6, 6.07) is 20.1. The van der Waals surface area contributed by atoms with Gasteiger partial charge < -0.3 is 4.90 Å². The standard InChI is InChI=1S/C25H25N5O4S/c1-25(2)20-11-7-8-12-22(20)29(3)24(25)15-16-26-27-21-14-13-19(17-23(21)30(31)32)35(33,34)28-18-9-5-4-6-10-18/h4-17,27-28H,1-3H3/b24-15-,26-16+. The summed E-state index contributed by atoms with van der Waals surface area (Å²) in [5.41, 5.74) is 5.79. The first-order valence-electron chi connectivity index (χ1n) is 10.8. The highest BCUT2D eigenvalue weighted by Gasteiger charge is 2.37. The van der Waals surface area contributed by atoms with Gasteiger partial charge in [0.25, 0.3) is 15.7 Å². The summed E-state index contributed by atoms with van der Waals surface area (Å²) in [6.07, 6.45) is 3.38. The van der Waals surface area contributed by atoms with Crippen LogP contribution < -0.4 is 15.0 Å². The van der Waals surface area contributed by atoms with E-state index in [1.54, 1.807) is 30.3 Å². The third kappa shape index (κ3) is 4.73. The van der Waals surface area contributed by atoms with Gasteiger partial charge in [-0.3, -0.25) is 20.3 Å². The molecule has 1 aliphatic heterocycles. The van der Waals surface area contributed by atoms with Crippen molar-refractivity contribution in [1.29, 1.82) is 0 Å². The Morgan fingerprint density at radius 3 is 2.40 bits per heavy atom. The molecule has 0 aliphatic carbocycles. The molecule has 0 unspecified atom stereocenters. The SMILES string of the molecule is CN1/C(=C\C=N\Nc2ccc(S(=O)(=O)Nc3ccccc3)cc2[N+](=O)[O-])C(C)(C)c2ccccc21. The van der Waals surface area contributed by atoms with Crippen LogP contribution in [0.15, 0.2) is 94.6 Å². The predicted octanol–water partition coefficient (Wildman–Crippen LogP) is 5.10. The molecule has 35 heavy (non-hydrogen) atoms. The summed E-state index contributed by atoms with van der Waals surface area (Å²) in [7, 11) is -2.02. The first-order valence-corrected chi connectivity index (χ1v) is 12.3. The Bertz CT molecular complexity index is 1430. The Kier molecular flexibility index (Phi) is 6.31. The molecule has 1 aliphatic rings. The number of nitrogens with one attached hydrogen (secondary N) is 2.